The van der Waals surface area contributed by atoms with Gasteiger partial charge in [0.2, 0.25) is 10.0 Å². The average molecular weight is 446 g/mol. The van der Waals surface area contributed by atoms with Crippen molar-refractivity contribution in [2.45, 2.75) is 25.9 Å². The maximum absolute atomic E-state index is 12.8. The zero-order valence-electron chi connectivity index (χ0n) is 17.9. The van der Waals surface area contributed by atoms with Gasteiger partial charge in [-0.3, -0.25) is 13.9 Å². The lowest BCUT2D eigenvalue weighted by Gasteiger charge is -2.20. The summed E-state index contributed by atoms with van der Waals surface area (Å²) in [6, 6.07) is 13.3. The van der Waals surface area contributed by atoms with Crippen molar-refractivity contribution < 1.29 is 22.7 Å². The molecule has 2 amide bonds. The van der Waals surface area contributed by atoms with Gasteiger partial charge in [0.05, 0.1) is 23.2 Å². The fraction of sp³-hybridized carbons (Fsp3) is 0.364. The van der Waals surface area contributed by atoms with E-state index in [1.54, 1.807) is 60.4 Å². The van der Waals surface area contributed by atoms with Gasteiger partial charge < -0.3 is 15.0 Å². The van der Waals surface area contributed by atoms with Crippen LogP contribution in [0.4, 0.5) is 11.4 Å². The third-order valence-corrected chi connectivity index (χ3v) is 6.39. The molecule has 3 rings (SSSR count). The first-order chi connectivity index (χ1) is 14.7. The summed E-state index contributed by atoms with van der Waals surface area (Å²) in [7, 11) is -1.90. The highest BCUT2D eigenvalue weighted by molar-refractivity contribution is 7.92. The second-order valence-corrected chi connectivity index (χ2v) is 9.53. The third kappa shape index (κ3) is 5.55. The summed E-state index contributed by atoms with van der Waals surface area (Å²) in [6.07, 6.45) is 2.28. The number of likely N-dealkylation sites (tertiary alicyclic amines) is 1. The average Bonchev–Trinajstić information content (AvgIpc) is 3.28. The Morgan fingerprint density at radius 3 is 2.29 bits per heavy atom. The molecule has 1 atom stereocenters. The van der Waals surface area contributed by atoms with Crippen LogP contribution in [0.15, 0.2) is 48.5 Å². The van der Waals surface area contributed by atoms with Gasteiger partial charge in [-0.05, 0) is 56.2 Å². The molecule has 8 nitrogen and oxygen atoms in total. The van der Waals surface area contributed by atoms with Crippen molar-refractivity contribution in [1.82, 2.24) is 4.90 Å². The lowest BCUT2D eigenvalue weighted by atomic mass is 10.1. The van der Waals surface area contributed by atoms with Crippen molar-refractivity contribution >= 4 is 33.2 Å². The lowest BCUT2D eigenvalue weighted by Crippen LogP contribution is -2.32. The maximum atomic E-state index is 12.8. The molecular weight excluding hydrogens is 418 g/mol. The van der Waals surface area contributed by atoms with Crippen molar-refractivity contribution in [2.75, 3.05) is 36.0 Å². The first-order valence-corrected chi connectivity index (χ1v) is 11.9. The second-order valence-electron chi connectivity index (χ2n) is 7.52. The van der Waals surface area contributed by atoms with Crippen LogP contribution in [-0.2, 0) is 14.8 Å². The number of benzene rings is 2. The van der Waals surface area contributed by atoms with E-state index < -0.39 is 16.1 Å². The van der Waals surface area contributed by atoms with Crippen molar-refractivity contribution in [3.8, 4) is 5.75 Å². The normalized spacial score (nSPS) is 14.7. The van der Waals surface area contributed by atoms with E-state index in [9.17, 15) is 18.0 Å². The van der Waals surface area contributed by atoms with Gasteiger partial charge in [0.25, 0.3) is 11.8 Å². The number of ether oxygens (including phenoxy) is 1. The molecule has 166 valence electrons. The van der Waals surface area contributed by atoms with Gasteiger partial charge in [-0.25, -0.2) is 8.42 Å². The first-order valence-electron chi connectivity index (χ1n) is 10.1. The summed E-state index contributed by atoms with van der Waals surface area (Å²) < 4.78 is 30.1. The van der Waals surface area contributed by atoms with Crippen LogP contribution in [0, 0.1) is 0 Å². The van der Waals surface area contributed by atoms with Gasteiger partial charge in [-0.15, -0.1) is 0 Å². The summed E-state index contributed by atoms with van der Waals surface area (Å²) >= 11 is 0. The van der Waals surface area contributed by atoms with Gasteiger partial charge >= 0.3 is 0 Å². The number of carbonyl (C=O) groups is 2. The Morgan fingerprint density at radius 2 is 1.68 bits per heavy atom. The number of rotatable bonds is 7. The number of anilines is 2. The zero-order valence-corrected chi connectivity index (χ0v) is 18.7. The Kier molecular flexibility index (Phi) is 6.84. The minimum atomic E-state index is -3.36. The topological polar surface area (TPSA) is 96.0 Å². The van der Waals surface area contributed by atoms with Crippen molar-refractivity contribution in [3.05, 3.63) is 54.1 Å². The standard InChI is InChI=1S/C22H27N3O5S/c1-16(30-18-12-10-17(11-13-18)24(2)31(3,28)29)21(26)23-20-9-5-4-8-19(20)22(27)25-14-6-7-15-25/h4-5,8-13,16H,6-7,14-15H2,1-3H3,(H,23,26)/t16-/m0/s1. The maximum Gasteiger partial charge on any atom is 0.265 e. The third-order valence-electron chi connectivity index (χ3n) is 5.19. The quantitative estimate of drug-likeness (QED) is 0.707. The molecule has 9 heteroatoms. The molecule has 2 aromatic rings. The van der Waals surface area contributed by atoms with Gasteiger partial charge in [0.1, 0.15) is 5.75 Å². The van der Waals surface area contributed by atoms with Crippen LogP contribution in [0.25, 0.3) is 0 Å². The van der Waals surface area contributed by atoms with Gasteiger partial charge in [0, 0.05) is 20.1 Å². The number of carbonyl (C=O) groups excluding carboxylic acids is 2. The van der Waals surface area contributed by atoms with E-state index in [2.05, 4.69) is 5.32 Å². The fourth-order valence-corrected chi connectivity index (χ4v) is 3.79. The van der Waals surface area contributed by atoms with Gasteiger partial charge in [0.15, 0.2) is 6.10 Å². The van der Waals surface area contributed by atoms with Crippen LogP contribution in [0.5, 0.6) is 5.75 Å². The Labute approximate surface area is 182 Å². The summed E-state index contributed by atoms with van der Waals surface area (Å²) in [6.45, 7) is 3.06. The highest BCUT2D eigenvalue weighted by Gasteiger charge is 2.23. The van der Waals surface area contributed by atoms with Crippen LogP contribution < -0.4 is 14.4 Å². The van der Waals surface area contributed by atoms with Crippen LogP contribution in [0.2, 0.25) is 0 Å². The molecule has 1 saturated heterocycles. The number of hydrogen-bond donors (Lipinski definition) is 1. The SMILES string of the molecule is C[C@H](Oc1ccc(N(C)S(C)(=O)=O)cc1)C(=O)Nc1ccccc1C(=O)N1CCCC1. The van der Waals surface area contributed by atoms with E-state index in [1.807, 2.05) is 0 Å². The van der Waals surface area contributed by atoms with Gasteiger partial charge in [-0.1, -0.05) is 12.1 Å². The molecule has 0 spiro atoms. The molecule has 0 saturated carbocycles. The Hall–Kier alpha value is -3.07. The first kappa shape index (κ1) is 22.6. The highest BCUT2D eigenvalue weighted by Crippen LogP contribution is 2.23. The molecule has 1 N–H and O–H groups in total. The van der Waals surface area contributed by atoms with Crippen molar-refractivity contribution in [2.24, 2.45) is 0 Å². The Balaban J connectivity index is 1.66. The molecule has 1 aliphatic heterocycles. The highest BCUT2D eigenvalue weighted by atomic mass is 32.2. The zero-order chi connectivity index (χ0) is 22.6. The molecule has 0 aliphatic carbocycles. The fourth-order valence-electron chi connectivity index (χ4n) is 3.29. The van der Waals surface area contributed by atoms with E-state index in [0.717, 1.165) is 36.5 Å². The molecule has 0 bridgehead atoms. The largest absolute Gasteiger partial charge is 0.481 e. The lowest BCUT2D eigenvalue weighted by molar-refractivity contribution is -0.122. The Bertz CT molecular complexity index is 1050. The molecule has 0 aromatic heterocycles. The summed E-state index contributed by atoms with van der Waals surface area (Å²) in [5, 5.41) is 2.79. The number of hydrogen-bond acceptors (Lipinski definition) is 5. The second kappa shape index (κ2) is 9.38. The molecule has 0 radical (unpaired) electrons. The van der Waals surface area contributed by atoms with E-state index >= 15 is 0 Å². The number of nitrogens with one attached hydrogen (secondary N) is 1. The molecule has 31 heavy (non-hydrogen) atoms. The van der Waals surface area contributed by atoms with Crippen LogP contribution in [0.1, 0.15) is 30.1 Å². The van der Waals surface area contributed by atoms with Gasteiger partial charge in [-0.2, -0.15) is 0 Å². The number of amides is 2. The number of nitrogens with zero attached hydrogens (tertiary/aromatic N) is 2. The summed E-state index contributed by atoms with van der Waals surface area (Å²) in [5.74, 6) is -0.0544. The molecular formula is C22H27N3O5S. The molecule has 2 aromatic carbocycles. The van der Waals surface area contributed by atoms with Crippen LogP contribution in [0.3, 0.4) is 0 Å². The smallest absolute Gasteiger partial charge is 0.265 e. The Morgan fingerprint density at radius 1 is 1.06 bits per heavy atom. The van der Waals surface area contributed by atoms with Crippen molar-refractivity contribution in [3.63, 3.8) is 0 Å². The summed E-state index contributed by atoms with van der Waals surface area (Å²) in [4.78, 5) is 27.2. The predicted octanol–water partition coefficient (Wildman–Crippen LogP) is 2.72. The van der Waals surface area contributed by atoms with E-state index in [0.29, 0.717) is 22.7 Å². The van der Waals surface area contributed by atoms with Crippen LogP contribution >= 0.6 is 0 Å². The molecule has 1 heterocycles. The summed E-state index contributed by atoms with van der Waals surface area (Å²) in [5.41, 5.74) is 1.39. The van der Waals surface area contributed by atoms with E-state index in [1.165, 1.54) is 7.05 Å². The number of sulfonamides is 1. The van der Waals surface area contributed by atoms with E-state index in [4.69, 9.17) is 4.74 Å². The van der Waals surface area contributed by atoms with Crippen molar-refractivity contribution in [1.29, 1.82) is 0 Å². The van der Waals surface area contributed by atoms with Crippen LogP contribution in [-0.4, -0.2) is 57.6 Å². The molecule has 0 unspecified atom stereocenters. The monoisotopic (exact) mass is 445 g/mol. The van der Waals surface area contributed by atoms with E-state index in [-0.39, 0.29) is 11.8 Å². The molecule has 1 fully saturated rings. The minimum absolute atomic E-state index is 0.0902. The number of para-hydroxylation sites is 1. The minimum Gasteiger partial charge on any atom is -0.481 e. The predicted molar refractivity (Wildman–Crippen MR) is 120 cm³/mol. The molecule has 1 aliphatic rings.